The molecule has 4 rings (SSSR count). The van der Waals surface area contributed by atoms with Crippen LogP contribution in [0.25, 0.3) is 22.2 Å². The van der Waals surface area contributed by atoms with Crippen LogP contribution in [0.5, 0.6) is 5.75 Å². The summed E-state index contributed by atoms with van der Waals surface area (Å²) >= 11 is 0. The van der Waals surface area contributed by atoms with Crippen LogP contribution in [-0.4, -0.2) is 40.5 Å². The van der Waals surface area contributed by atoms with E-state index in [2.05, 4.69) is 20.5 Å². The van der Waals surface area contributed by atoms with Crippen LogP contribution >= 0.6 is 0 Å². The second kappa shape index (κ2) is 5.98. The van der Waals surface area contributed by atoms with E-state index in [1.165, 1.54) is 6.08 Å². The highest BCUT2D eigenvalue weighted by molar-refractivity contribution is 7.94. The second-order valence-corrected chi connectivity index (χ2v) is 8.64. The lowest BCUT2D eigenvalue weighted by Gasteiger charge is -2.10. The summed E-state index contributed by atoms with van der Waals surface area (Å²) in [6.07, 6.45) is 1.51. The zero-order chi connectivity index (χ0) is 19.3. The third kappa shape index (κ3) is 2.99. The molecular formula is C18H18N4O4S. The van der Waals surface area contributed by atoms with E-state index in [0.717, 1.165) is 16.5 Å². The summed E-state index contributed by atoms with van der Waals surface area (Å²) in [5.74, 6) is -0.0330. The highest BCUT2D eigenvalue weighted by Gasteiger charge is 2.24. The van der Waals surface area contributed by atoms with E-state index in [0.29, 0.717) is 11.3 Å². The first-order valence-corrected chi connectivity index (χ1v) is 10.0. The monoisotopic (exact) mass is 386 g/mol. The van der Waals surface area contributed by atoms with Crippen LogP contribution in [0.4, 0.5) is 5.82 Å². The molecule has 0 saturated heterocycles. The van der Waals surface area contributed by atoms with Gasteiger partial charge in [-0.25, -0.2) is 8.42 Å². The number of nitrogens with one attached hydrogen (secondary N) is 3. The van der Waals surface area contributed by atoms with Gasteiger partial charge in [0.2, 0.25) is 0 Å². The summed E-state index contributed by atoms with van der Waals surface area (Å²) in [7, 11) is -3.24. The maximum absolute atomic E-state index is 12.7. The number of pyridine rings is 1. The molecule has 4 N–H and O–H groups in total. The topological polar surface area (TPSA) is 128 Å². The van der Waals surface area contributed by atoms with Crippen molar-refractivity contribution in [3.05, 3.63) is 51.2 Å². The van der Waals surface area contributed by atoms with E-state index in [4.69, 9.17) is 0 Å². The molecule has 0 spiro atoms. The smallest absolute Gasteiger partial charge is 0.261 e. The molecular weight excluding hydrogens is 368 g/mol. The van der Waals surface area contributed by atoms with E-state index >= 15 is 0 Å². The highest BCUT2D eigenvalue weighted by atomic mass is 32.2. The predicted molar refractivity (Wildman–Crippen MR) is 104 cm³/mol. The van der Waals surface area contributed by atoms with Gasteiger partial charge in [-0.05, 0) is 37.1 Å². The Labute approximate surface area is 154 Å². The molecule has 140 valence electrons. The molecule has 1 atom stereocenters. The summed E-state index contributed by atoms with van der Waals surface area (Å²) in [5, 5.41) is 21.6. The number of aryl methyl sites for hydroxylation is 2. The number of rotatable bonds is 3. The average Bonchev–Trinajstić information content (AvgIpc) is 3.17. The zero-order valence-corrected chi connectivity index (χ0v) is 15.5. The van der Waals surface area contributed by atoms with Crippen LogP contribution in [-0.2, 0) is 9.84 Å². The molecule has 2 aromatic heterocycles. The van der Waals surface area contributed by atoms with Crippen LogP contribution in [0.1, 0.15) is 11.1 Å². The fraction of sp³-hybridized carbons (Fsp3) is 0.222. The van der Waals surface area contributed by atoms with Crippen molar-refractivity contribution in [2.75, 3.05) is 11.1 Å². The second-order valence-electron chi connectivity index (χ2n) is 6.71. The lowest BCUT2D eigenvalue weighted by molar-refractivity contribution is 0.480. The molecule has 0 radical (unpaired) electrons. The Kier molecular flexibility index (Phi) is 3.84. The number of aromatic nitrogens is 3. The summed E-state index contributed by atoms with van der Waals surface area (Å²) in [5.41, 5.74) is 2.89. The summed E-state index contributed by atoms with van der Waals surface area (Å²) in [6.45, 7) is 3.93. The number of anilines is 1. The van der Waals surface area contributed by atoms with Crippen molar-refractivity contribution in [2.24, 2.45) is 0 Å². The Morgan fingerprint density at radius 3 is 2.70 bits per heavy atom. The van der Waals surface area contributed by atoms with Gasteiger partial charge in [0.25, 0.3) is 5.56 Å². The first-order chi connectivity index (χ1) is 12.7. The van der Waals surface area contributed by atoms with Crippen molar-refractivity contribution in [3.63, 3.8) is 0 Å². The minimum Gasteiger partial charge on any atom is -0.504 e. The number of sulfone groups is 1. The van der Waals surface area contributed by atoms with Gasteiger partial charge < -0.3 is 15.4 Å². The SMILES string of the molecule is Cc1ccc(-c2[nH]c(=O)c3c(NC4C=CS(=O)(=O)C4)n[nH]c3c2O)cc1C. The molecule has 0 fully saturated rings. The molecule has 3 heterocycles. The van der Waals surface area contributed by atoms with Gasteiger partial charge in [0.05, 0.1) is 17.5 Å². The van der Waals surface area contributed by atoms with Gasteiger partial charge in [-0.1, -0.05) is 12.1 Å². The van der Waals surface area contributed by atoms with Gasteiger partial charge in [-0.2, -0.15) is 5.10 Å². The standard InChI is InChI=1S/C18H18N4O4S/c1-9-3-4-11(7-10(9)2)14-16(23)15-13(18(24)20-14)17(22-21-15)19-12-5-6-27(25,26)8-12/h3-7,12,23H,8H2,1-2H3,(H,20,24)(H2,19,21,22). The first-order valence-electron chi connectivity index (χ1n) is 8.33. The van der Waals surface area contributed by atoms with Gasteiger partial charge in [0, 0.05) is 11.0 Å². The third-order valence-corrected chi connectivity index (χ3v) is 6.15. The molecule has 8 nitrogen and oxygen atoms in total. The lowest BCUT2D eigenvalue weighted by atomic mass is 10.0. The van der Waals surface area contributed by atoms with E-state index in [1.807, 2.05) is 32.0 Å². The van der Waals surface area contributed by atoms with E-state index < -0.39 is 21.4 Å². The lowest BCUT2D eigenvalue weighted by Crippen LogP contribution is -2.22. The Hall–Kier alpha value is -3.07. The van der Waals surface area contributed by atoms with Gasteiger partial charge in [-0.3, -0.25) is 9.89 Å². The fourth-order valence-electron chi connectivity index (χ4n) is 3.15. The van der Waals surface area contributed by atoms with Crippen LogP contribution in [0.2, 0.25) is 0 Å². The third-order valence-electron chi connectivity index (χ3n) is 4.75. The number of aromatic amines is 2. The van der Waals surface area contributed by atoms with Crippen molar-refractivity contribution in [1.29, 1.82) is 0 Å². The molecule has 0 amide bonds. The number of hydrogen-bond acceptors (Lipinski definition) is 6. The minimum absolute atomic E-state index is 0.105. The van der Waals surface area contributed by atoms with Crippen LogP contribution in [0, 0.1) is 13.8 Å². The highest BCUT2D eigenvalue weighted by Crippen LogP contribution is 2.34. The van der Waals surface area contributed by atoms with Gasteiger partial charge in [0.1, 0.15) is 10.9 Å². The van der Waals surface area contributed by atoms with E-state index in [9.17, 15) is 18.3 Å². The molecule has 1 aliphatic rings. The average molecular weight is 386 g/mol. The molecule has 1 aromatic carbocycles. The zero-order valence-electron chi connectivity index (χ0n) is 14.7. The van der Waals surface area contributed by atoms with Crippen LogP contribution in [0.3, 0.4) is 0 Å². The van der Waals surface area contributed by atoms with Crippen LogP contribution < -0.4 is 10.9 Å². The number of benzene rings is 1. The largest absolute Gasteiger partial charge is 0.504 e. The number of aromatic hydroxyl groups is 1. The van der Waals surface area contributed by atoms with Crippen LogP contribution in [0.15, 0.2) is 34.5 Å². The Balaban J connectivity index is 1.79. The van der Waals surface area contributed by atoms with Crippen molar-refractivity contribution in [2.45, 2.75) is 19.9 Å². The van der Waals surface area contributed by atoms with Crippen molar-refractivity contribution in [3.8, 4) is 17.0 Å². The molecule has 3 aromatic rings. The molecule has 0 bridgehead atoms. The normalized spacial score (nSPS) is 18.2. The maximum Gasteiger partial charge on any atom is 0.261 e. The van der Waals surface area contributed by atoms with Crippen molar-refractivity contribution < 1.29 is 13.5 Å². The molecule has 0 aliphatic carbocycles. The van der Waals surface area contributed by atoms with E-state index in [1.54, 1.807) is 0 Å². The van der Waals surface area contributed by atoms with Gasteiger partial charge in [0.15, 0.2) is 21.4 Å². The molecule has 1 unspecified atom stereocenters. The molecule has 0 saturated carbocycles. The number of hydrogen-bond donors (Lipinski definition) is 4. The van der Waals surface area contributed by atoms with Crippen molar-refractivity contribution >= 4 is 26.6 Å². The maximum atomic E-state index is 12.7. The first kappa shape index (κ1) is 17.3. The summed E-state index contributed by atoms with van der Waals surface area (Å²) in [6, 6.07) is 5.14. The van der Waals surface area contributed by atoms with Gasteiger partial charge in [-0.15, -0.1) is 0 Å². The van der Waals surface area contributed by atoms with Crippen molar-refractivity contribution in [1.82, 2.24) is 15.2 Å². The molecule has 9 heteroatoms. The number of H-pyrrole nitrogens is 2. The van der Waals surface area contributed by atoms with Gasteiger partial charge >= 0.3 is 0 Å². The summed E-state index contributed by atoms with van der Waals surface area (Å²) < 4.78 is 23.1. The number of nitrogens with zero attached hydrogens (tertiary/aromatic N) is 1. The predicted octanol–water partition coefficient (Wildman–Crippen LogP) is 1.96. The Morgan fingerprint density at radius 2 is 2.04 bits per heavy atom. The minimum atomic E-state index is -3.24. The Morgan fingerprint density at radius 1 is 1.26 bits per heavy atom. The molecule has 27 heavy (non-hydrogen) atoms. The quantitative estimate of drug-likeness (QED) is 0.545. The van der Waals surface area contributed by atoms with E-state index in [-0.39, 0.29) is 28.2 Å². The Bertz CT molecular complexity index is 1250. The fourth-order valence-corrected chi connectivity index (χ4v) is 4.38. The summed E-state index contributed by atoms with van der Waals surface area (Å²) in [4.78, 5) is 15.4. The number of fused-ring (bicyclic) bond motifs is 1. The molecule has 1 aliphatic heterocycles.